The molecule has 1 aromatic heterocycles. The first-order chi connectivity index (χ1) is 16.2. The SMILES string of the molecule is O=C(OCCC(CCCCCCCCn1cccc1)C(=O)c1ccccc1)c1ccccc1. The lowest BCUT2D eigenvalue weighted by molar-refractivity contribution is 0.0471. The van der Waals surface area contributed by atoms with Crippen LogP contribution in [0.3, 0.4) is 0 Å². The highest BCUT2D eigenvalue weighted by Gasteiger charge is 2.20. The Hall–Kier alpha value is -3.14. The first kappa shape index (κ1) is 24.5. The number of hydrogen-bond donors (Lipinski definition) is 0. The number of Topliss-reactive ketones (excluding diaryl/α,β-unsaturated/α-hetero) is 1. The van der Waals surface area contributed by atoms with E-state index in [9.17, 15) is 9.59 Å². The number of aromatic nitrogens is 1. The lowest BCUT2D eigenvalue weighted by Gasteiger charge is -2.16. The van der Waals surface area contributed by atoms with Gasteiger partial charge >= 0.3 is 5.97 Å². The van der Waals surface area contributed by atoms with Crippen molar-refractivity contribution in [2.75, 3.05) is 6.61 Å². The van der Waals surface area contributed by atoms with Crippen LogP contribution in [0.4, 0.5) is 0 Å². The van der Waals surface area contributed by atoms with Crippen LogP contribution in [0, 0.1) is 5.92 Å². The van der Waals surface area contributed by atoms with Crippen molar-refractivity contribution >= 4 is 11.8 Å². The minimum atomic E-state index is -0.332. The number of aryl methyl sites for hydroxylation is 1. The molecule has 174 valence electrons. The van der Waals surface area contributed by atoms with Crippen molar-refractivity contribution in [3.05, 3.63) is 96.3 Å². The summed E-state index contributed by atoms with van der Waals surface area (Å²) in [6.07, 6.45) is 12.6. The molecule has 0 amide bonds. The molecule has 1 atom stereocenters. The average Bonchev–Trinajstić information content (AvgIpc) is 3.38. The van der Waals surface area contributed by atoms with Gasteiger partial charge in [-0.15, -0.1) is 0 Å². The molecule has 33 heavy (non-hydrogen) atoms. The molecule has 0 saturated carbocycles. The van der Waals surface area contributed by atoms with Gasteiger partial charge in [0.25, 0.3) is 0 Å². The van der Waals surface area contributed by atoms with Crippen LogP contribution < -0.4 is 0 Å². The van der Waals surface area contributed by atoms with E-state index in [4.69, 9.17) is 4.74 Å². The lowest BCUT2D eigenvalue weighted by Crippen LogP contribution is -2.18. The fourth-order valence-electron chi connectivity index (χ4n) is 4.11. The fraction of sp³-hybridized carbons (Fsp3) is 0.379. The third-order valence-electron chi connectivity index (χ3n) is 6.02. The molecule has 0 fully saturated rings. The summed E-state index contributed by atoms with van der Waals surface area (Å²) in [7, 11) is 0. The topological polar surface area (TPSA) is 48.3 Å². The van der Waals surface area contributed by atoms with Crippen molar-refractivity contribution < 1.29 is 14.3 Å². The van der Waals surface area contributed by atoms with E-state index >= 15 is 0 Å². The molecular weight excluding hydrogens is 410 g/mol. The normalized spacial score (nSPS) is 11.8. The van der Waals surface area contributed by atoms with Crippen LogP contribution in [0.25, 0.3) is 0 Å². The minimum Gasteiger partial charge on any atom is -0.462 e. The standard InChI is InChI=1S/C29H35NO3/c31-28(25-15-8-5-9-16-25)26(20-24-33-29(32)27-18-10-6-11-19-27)17-7-3-1-2-4-12-21-30-22-13-14-23-30/h5-6,8-11,13-16,18-19,22-23,26H,1-4,7,12,17,20-21,24H2. The van der Waals surface area contributed by atoms with Gasteiger partial charge in [-0.1, -0.05) is 80.6 Å². The van der Waals surface area contributed by atoms with Crippen molar-refractivity contribution in [2.45, 2.75) is 57.9 Å². The van der Waals surface area contributed by atoms with Gasteiger partial charge in [0.15, 0.2) is 5.78 Å². The van der Waals surface area contributed by atoms with Crippen LogP contribution >= 0.6 is 0 Å². The molecular formula is C29H35NO3. The summed E-state index contributed by atoms with van der Waals surface area (Å²) in [6.45, 7) is 1.35. The second kappa shape index (κ2) is 14.1. The van der Waals surface area contributed by atoms with Crippen molar-refractivity contribution in [2.24, 2.45) is 5.92 Å². The van der Waals surface area contributed by atoms with E-state index in [0.29, 0.717) is 12.0 Å². The number of nitrogens with zero attached hydrogens (tertiary/aromatic N) is 1. The Labute approximate surface area is 197 Å². The maximum atomic E-state index is 13.1. The van der Waals surface area contributed by atoms with Crippen molar-refractivity contribution in [3.8, 4) is 0 Å². The second-order valence-electron chi connectivity index (χ2n) is 8.55. The molecule has 0 aliphatic heterocycles. The van der Waals surface area contributed by atoms with E-state index in [1.165, 1.54) is 25.7 Å². The molecule has 0 bridgehead atoms. The van der Waals surface area contributed by atoms with Gasteiger partial charge in [0.2, 0.25) is 0 Å². The van der Waals surface area contributed by atoms with Gasteiger partial charge in [0.05, 0.1) is 12.2 Å². The van der Waals surface area contributed by atoms with Crippen molar-refractivity contribution in [1.82, 2.24) is 4.57 Å². The third kappa shape index (κ3) is 8.72. The van der Waals surface area contributed by atoms with Crippen molar-refractivity contribution in [3.63, 3.8) is 0 Å². The van der Waals surface area contributed by atoms with E-state index in [-0.39, 0.29) is 24.3 Å². The summed E-state index contributed by atoms with van der Waals surface area (Å²) in [5.74, 6) is -0.302. The molecule has 0 spiro atoms. The summed E-state index contributed by atoms with van der Waals surface area (Å²) < 4.78 is 7.68. The summed E-state index contributed by atoms with van der Waals surface area (Å²) in [5.41, 5.74) is 1.28. The smallest absolute Gasteiger partial charge is 0.338 e. The average molecular weight is 446 g/mol. The van der Waals surface area contributed by atoms with E-state index in [0.717, 1.165) is 31.4 Å². The Kier molecular flexibility index (Phi) is 10.5. The molecule has 0 aliphatic rings. The highest BCUT2D eigenvalue weighted by molar-refractivity contribution is 5.97. The second-order valence-corrected chi connectivity index (χ2v) is 8.55. The quantitative estimate of drug-likeness (QED) is 0.144. The number of hydrogen-bond acceptors (Lipinski definition) is 3. The van der Waals surface area contributed by atoms with Crippen molar-refractivity contribution in [1.29, 1.82) is 0 Å². The molecule has 3 aromatic rings. The first-order valence-corrected chi connectivity index (χ1v) is 12.2. The molecule has 0 saturated heterocycles. The Morgan fingerprint density at radius 3 is 1.91 bits per heavy atom. The highest BCUT2D eigenvalue weighted by Crippen LogP contribution is 2.21. The van der Waals surface area contributed by atoms with E-state index in [2.05, 4.69) is 29.1 Å². The highest BCUT2D eigenvalue weighted by atomic mass is 16.5. The van der Waals surface area contributed by atoms with E-state index < -0.39 is 0 Å². The molecule has 2 aromatic carbocycles. The maximum absolute atomic E-state index is 13.1. The summed E-state index contributed by atoms with van der Waals surface area (Å²) in [6, 6.07) is 22.6. The van der Waals surface area contributed by atoms with Gasteiger partial charge in [-0.2, -0.15) is 0 Å². The number of unbranched alkanes of at least 4 members (excludes halogenated alkanes) is 5. The van der Waals surface area contributed by atoms with Crippen LogP contribution in [0.15, 0.2) is 85.2 Å². The third-order valence-corrected chi connectivity index (χ3v) is 6.02. The molecule has 4 heteroatoms. The molecule has 3 rings (SSSR count). The van der Waals surface area contributed by atoms with E-state index in [1.54, 1.807) is 12.1 Å². The lowest BCUT2D eigenvalue weighted by atomic mass is 9.89. The molecule has 0 aliphatic carbocycles. The first-order valence-electron chi connectivity index (χ1n) is 12.2. The molecule has 0 N–H and O–H groups in total. The monoisotopic (exact) mass is 445 g/mol. The molecule has 0 radical (unpaired) electrons. The summed E-state index contributed by atoms with van der Waals surface area (Å²) in [5, 5.41) is 0. The van der Waals surface area contributed by atoms with Crippen LogP contribution in [0.5, 0.6) is 0 Å². The van der Waals surface area contributed by atoms with E-state index in [1.807, 2.05) is 48.5 Å². The molecule has 4 nitrogen and oxygen atoms in total. The number of ketones is 1. The maximum Gasteiger partial charge on any atom is 0.338 e. The zero-order chi connectivity index (χ0) is 23.1. The predicted octanol–water partition coefficient (Wildman–Crippen LogP) is 6.97. The predicted molar refractivity (Wildman–Crippen MR) is 132 cm³/mol. The number of benzene rings is 2. The van der Waals surface area contributed by atoms with Crippen LogP contribution in [0.1, 0.15) is 72.1 Å². The Morgan fingerprint density at radius 1 is 0.667 bits per heavy atom. The molecule has 1 heterocycles. The molecule has 1 unspecified atom stereocenters. The zero-order valence-corrected chi connectivity index (χ0v) is 19.4. The minimum absolute atomic E-state index is 0.121. The Balaban J connectivity index is 1.39. The van der Waals surface area contributed by atoms with Gasteiger partial charge in [0, 0.05) is 30.4 Å². The number of carbonyl (C=O) groups excluding carboxylic acids is 2. The largest absolute Gasteiger partial charge is 0.462 e. The van der Waals surface area contributed by atoms with Gasteiger partial charge in [0.1, 0.15) is 0 Å². The zero-order valence-electron chi connectivity index (χ0n) is 19.4. The fourth-order valence-corrected chi connectivity index (χ4v) is 4.11. The van der Waals surface area contributed by atoms with Gasteiger partial charge in [-0.25, -0.2) is 4.79 Å². The van der Waals surface area contributed by atoms with Gasteiger partial charge in [-0.3, -0.25) is 4.79 Å². The Bertz CT molecular complexity index is 936. The van der Waals surface area contributed by atoms with Crippen LogP contribution in [0.2, 0.25) is 0 Å². The number of rotatable bonds is 15. The summed E-state index contributed by atoms with van der Waals surface area (Å²) >= 11 is 0. The Morgan fingerprint density at radius 2 is 1.24 bits per heavy atom. The van der Waals surface area contributed by atoms with Crippen LogP contribution in [-0.2, 0) is 11.3 Å². The number of carbonyl (C=O) groups is 2. The summed E-state index contributed by atoms with van der Waals surface area (Å²) in [4.78, 5) is 25.3. The van der Waals surface area contributed by atoms with Crippen LogP contribution in [-0.4, -0.2) is 22.9 Å². The number of ether oxygens (including phenoxy) is 1. The van der Waals surface area contributed by atoms with Gasteiger partial charge < -0.3 is 9.30 Å². The van der Waals surface area contributed by atoms with Gasteiger partial charge in [-0.05, 0) is 43.5 Å². The number of esters is 1.